The van der Waals surface area contributed by atoms with Gasteiger partial charge in [0.1, 0.15) is 0 Å². The van der Waals surface area contributed by atoms with Gasteiger partial charge in [0.2, 0.25) is 0 Å². The number of halogens is 2. The van der Waals surface area contributed by atoms with Crippen LogP contribution in [0.1, 0.15) is 22.3 Å². The molecule has 1 aromatic rings. The molecule has 0 aliphatic rings. The predicted molar refractivity (Wildman–Crippen MR) is 65.4 cm³/mol. The minimum atomic E-state index is -0.527. The molecule has 1 rings (SSSR count). The first kappa shape index (κ1) is 13.1. The number of carbonyl (C=O) groups is 1. The summed E-state index contributed by atoms with van der Waals surface area (Å²) in [5.74, 6) is 0.0166. The maximum Gasteiger partial charge on any atom is 0.270 e. The van der Waals surface area contributed by atoms with E-state index in [4.69, 9.17) is 11.6 Å². The molecule has 0 fully saturated rings. The van der Waals surface area contributed by atoms with Crippen molar-refractivity contribution in [3.8, 4) is 0 Å². The van der Waals surface area contributed by atoms with E-state index in [1.165, 1.54) is 12.1 Å². The molecule has 0 radical (unpaired) electrons. The Morgan fingerprint density at radius 1 is 1.44 bits per heavy atom. The third-order valence-corrected chi connectivity index (χ3v) is 2.69. The number of nitro benzene ring substituents is 1. The van der Waals surface area contributed by atoms with E-state index in [1.54, 1.807) is 6.07 Å². The number of ketones is 1. The lowest BCUT2D eigenvalue weighted by Crippen LogP contribution is -2.02. The largest absolute Gasteiger partial charge is 0.294 e. The first-order valence-corrected chi connectivity index (χ1v) is 6.17. The Balaban J connectivity index is 3.13. The summed E-state index contributed by atoms with van der Waals surface area (Å²) in [6.45, 7) is 0. The fourth-order valence-electron chi connectivity index (χ4n) is 1.25. The Morgan fingerprint density at radius 3 is 2.62 bits per heavy atom. The first-order valence-electron chi connectivity index (χ1n) is 4.52. The molecule has 0 aliphatic carbocycles. The lowest BCUT2D eigenvalue weighted by Gasteiger charge is -2.02. The molecule has 16 heavy (non-hydrogen) atoms. The number of non-ortho nitro benzene ring substituents is 1. The van der Waals surface area contributed by atoms with E-state index in [9.17, 15) is 14.9 Å². The highest BCUT2D eigenvalue weighted by molar-refractivity contribution is 9.09. The summed E-state index contributed by atoms with van der Waals surface area (Å²) in [7, 11) is 0. The molecule has 0 N–H and O–H groups in total. The Hall–Kier alpha value is -0.940. The lowest BCUT2D eigenvalue weighted by molar-refractivity contribution is -0.384. The average Bonchev–Trinajstić information content (AvgIpc) is 2.28. The second-order valence-electron chi connectivity index (χ2n) is 3.14. The van der Waals surface area contributed by atoms with Crippen LogP contribution < -0.4 is 0 Å². The van der Waals surface area contributed by atoms with Crippen LogP contribution in [0.2, 0.25) is 0 Å². The van der Waals surface area contributed by atoms with Gasteiger partial charge in [-0.1, -0.05) is 15.9 Å². The molecule has 0 atom stereocenters. The van der Waals surface area contributed by atoms with Gasteiger partial charge in [-0.25, -0.2) is 0 Å². The summed E-state index contributed by atoms with van der Waals surface area (Å²) in [4.78, 5) is 21.7. The smallest absolute Gasteiger partial charge is 0.270 e. The molecule has 4 nitrogen and oxygen atoms in total. The molecular weight excluding hydrogens is 297 g/mol. The van der Waals surface area contributed by atoms with Gasteiger partial charge in [-0.2, -0.15) is 0 Å². The van der Waals surface area contributed by atoms with Gasteiger partial charge in [-0.05, 0) is 11.6 Å². The van der Waals surface area contributed by atoms with Crippen molar-refractivity contribution < 1.29 is 9.72 Å². The second kappa shape index (κ2) is 5.96. The van der Waals surface area contributed by atoms with Crippen LogP contribution in [0.5, 0.6) is 0 Å². The van der Waals surface area contributed by atoms with Crippen molar-refractivity contribution in [2.24, 2.45) is 0 Å². The number of alkyl halides is 2. The van der Waals surface area contributed by atoms with Crippen LogP contribution in [0.3, 0.4) is 0 Å². The standard InChI is InChI=1S/C10H9BrClNO3/c11-2-1-10(14)8-3-7(6-12)4-9(5-8)13(15)16/h3-5H,1-2,6H2. The van der Waals surface area contributed by atoms with E-state index in [0.717, 1.165) is 0 Å². The third kappa shape index (κ3) is 3.28. The predicted octanol–water partition coefficient (Wildman–Crippen LogP) is 3.30. The molecule has 0 aliphatic heterocycles. The molecule has 0 saturated heterocycles. The monoisotopic (exact) mass is 305 g/mol. The third-order valence-electron chi connectivity index (χ3n) is 1.99. The molecule has 0 unspecified atom stereocenters. The molecule has 0 heterocycles. The van der Waals surface area contributed by atoms with Gasteiger partial charge >= 0.3 is 0 Å². The molecule has 6 heteroatoms. The first-order chi connectivity index (χ1) is 7.58. The van der Waals surface area contributed by atoms with Crippen molar-refractivity contribution in [2.75, 3.05) is 5.33 Å². The summed E-state index contributed by atoms with van der Waals surface area (Å²) in [6, 6.07) is 4.24. The normalized spacial score (nSPS) is 10.1. The zero-order valence-corrected chi connectivity index (χ0v) is 10.6. The van der Waals surface area contributed by atoms with Crippen LogP contribution in [0.4, 0.5) is 5.69 Å². The number of rotatable bonds is 5. The van der Waals surface area contributed by atoms with E-state index < -0.39 is 4.92 Å². The van der Waals surface area contributed by atoms with Crippen LogP contribution in [0, 0.1) is 10.1 Å². The van der Waals surface area contributed by atoms with Crippen LogP contribution in [-0.4, -0.2) is 16.0 Å². The van der Waals surface area contributed by atoms with Crippen LogP contribution in [-0.2, 0) is 5.88 Å². The van der Waals surface area contributed by atoms with Crippen molar-refractivity contribution in [3.05, 3.63) is 39.4 Å². The zero-order chi connectivity index (χ0) is 12.1. The van der Waals surface area contributed by atoms with Crippen molar-refractivity contribution >= 4 is 39.0 Å². The van der Waals surface area contributed by atoms with Gasteiger partial charge in [0, 0.05) is 35.3 Å². The number of carbonyl (C=O) groups excluding carboxylic acids is 1. The van der Waals surface area contributed by atoms with E-state index >= 15 is 0 Å². The highest BCUT2D eigenvalue weighted by Gasteiger charge is 2.13. The van der Waals surface area contributed by atoms with Crippen molar-refractivity contribution in [1.29, 1.82) is 0 Å². The fraction of sp³-hybridized carbons (Fsp3) is 0.300. The van der Waals surface area contributed by atoms with E-state index in [0.29, 0.717) is 22.9 Å². The minimum absolute atomic E-state index is 0.101. The van der Waals surface area contributed by atoms with Crippen LogP contribution >= 0.6 is 27.5 Å². The highest BCUT2D eigenvalue weighted by atomic mass is 79.9. The SMILES string of the molecule is O=C(CCBr)c1cc(CCl)cc([N+](=O)[O-])c1. The van der Waals surface area contributed by atoms with Gasteiger partial charge in [0.25, 0.3) is 5.69 Å². The van der Waals surface area contributed by atoms with E-state index in [-0.39, 0.29) is 17.4 Å². The number of benzene rings is 1. The molecule has 0 amide bonds. The highest BCUT2D eigenvalue weighted by Crippen LogP contribution is 2.20. The van der Waals surface area contributed by atoms with Gasteiger partial charge in [-0.3, -0.25) is 14.9 Å². The number of Topliss-reactive ketones (excluding diaryl/α,β-unsaturated/α-hetero) is 1. The van der Waals surface area contributed by atoms with Crippen LogP contribution in [0.15, 0.2) is 18.2 Å². The van der Waals surface area contributed by atoms with Crippen molar-refractivity contribution in [1.82, 2.24) is 0 Å². The zero-order valence-electron chi connectivity index (χ0n) is 8.28. The Bertz CT molecular complexity index is 423. The average molecular weight is 307 g/mol. The Morgan fingerprint density at radius 2 is 2.12 bits per heavy atom. The van der Waals surface area contributed by atoms with Gasteiger partial charge in [0.05, 0.1) is 4.92 Å². The van der Waals surface area contributed by atoms with Gasteiger partial charge in [-0.15, -0.1) is 11.6 Å². The maximum atomic E-state index is 11.6. The maximum absolute atomic E-state index is 11.6. The van der Waals surface area contributed by atoms with Gasteiger partial charge < -0.3 is 0 Å². The van der Waals surface area contributed by atoms with Gasteiger partial charge in [0.15, 0.2) is 5.78 Å². The number of nitrogens with zero attached hydrogens (tertiary/aromatic N) is 1. The minimum Gasteiger partial charge on any atom is -0.294 e. The number of hydrogen-bond acceptors (Lipinski definition) is 3. The molecule has 0 bridgehead atoms. The fourth-order valence-corrected chi connectivity index (χ4v) is 1.76. The topological polar surface area (TPSA) is 60.2 Å². The summed E-state index contributed by atoms with van der Waals surface area (Å²) in [5.41, 5.74) is 0.814. The summed E-state index contributed by atoms with van der Waals surface area (Å²) >= 11 is 8.76. The van der Waals surface area contributed by atoms with E-state index in [1.807, 2.05) is 0 Å². The van der Waals surface area contributed by atoms with Crippen molar-refractivity contribution in [2.45, 2.75) is 12.3 Å². The van der Waals surface area contributed by atoms with Crippen molar-refractivity contribution in [3.63, 3.8) is 0 Å². The lowest BCUT2D eigenvalue weighted by atomic mass is 10.1. The molecule has 1 aromatic carbocycles. The molecular formula is C10H9BrClNO3. The Kier molecular flexibility index (Phi) is 4.89. The Labute approximate surface area is 106 Å². The number of nitro groups is 1. The summed E-state index contributed by atoms with van der Waals surface area (Å²) < 4.78 is 0. The molecule has 86 valence electrons. The number of hydrogen-bond donors (Lipinski definition) is 0. The van der Waals surface area contributed by atoms with E-state index in [2.05, 4.69) is 15.9 Å². The second-order valence-corrected chi connectivity index (χ2v) is 4.20. The van der Waals surface area contributed by atoms with Crippen LogP contribution in [0.25, 0.3) is 0 Å². The molecule has 0 aromatic heterocycles. The quantitative estimate of drug-likeness (QED) is 0.363. The molecule has 0 spiro atoms. The molecule has 0 saturated carbocycles. The summed E-state index contributed by atoms with van der Waals surface area (Å²) in [6.07, 6.45) is 0.308. The summed E-state index contributed by atoms with van der Waals surface area (Å²) in [5, 5.41) is 11.2.